The Balaban J connectivity index is 0.978. The Kier molecular flexibility index (Phi) is 7.50. The Morgan fingerprint density at radius 2 is 1.05 bits per heavy atom. The molecule has 0 bridgehead atoms. The third-order valence-electron chi connectivity index (χ3n) is 10.9. The smallest absolute Gasteiger partial charge is 0.131 e. The van der Waals surface area contributed by atoms with E-state index in [0.29, 0.717) is 0 Å². The first kappa shape index (κ1) is 31.8. The lowest BCUT2D eigenvalue weighted by molar-refractivity contribution is 0.409. The van der Waals surface area contributed by atoms with Crippen molar-refractivity contribution in [2.24, 2.45) is 4.99 Å². The van der Waals surface area contributed by atoms with Crippen molar-refractivity contribution in [3.63, 3.8) is 0 Å². The molecule has 2 N–H and O–H groups in total. The topological polar surface area (TPSA) is 46.3 Å². The number of fused-ring (bicyclic) bond motifs is 6. The van der Waals surface area contributed by atoms with E-state index in [1.807, 2.05) is 12.1 Å². The van der Waals surface area contributed by atoms with Crippen LogP contribution in [0.4, 0.5) is 0 Å². The number of hydrogen-bond acceptors (Lipinski definition) is 4. The molecule has 0 fully saturated rings. The number of benzene rings is 7. The maximum Gasteiger partial charge on any atom is 0.131 e. The second-order valence-corrected chi connectivity index (χ2v) is 14.9. The van der Waals surface area contributed by atoms with E-state index in [1.165, 1.54) is 60.4 Å². The van der Waals surface area contributed by atoms with E-state index in [9.17, 15) is 0 Å². The van der Waals surface area contributed by atoms with Crippen molar-refractivity contribution in [2.75, 3.05) is 0 Å². The highest BCUT2D eigenvalue weighted by Crippen LogP contribution is 2.41. The van der Waals surface area contributed by atoms with Crippen molar-refractivity contribution in [2.45, 2.75) is 12.3 Å². The van der Waals surface area contributed by atoms with E-state index in [-0.39, 0.29) is 12.3 Å². The Morgan fingerprint density at radius 1 is 0.436 bits per heavy atom. The van der Waals surface area contributed by atoms with Crippen LogP contribution in [0.2, 0.25) is 0 Å². The zero-order chi connectivity index (χ0) is 36.3. The maximum absolute atomic E-state index is 5.09. The van der Waals surface area contributed by atoms with Crippen molar-refractivity contribution >= 4 is 60.8 Å². The first-order valence-corrected chi connectivity index (χ1v) is 19.6. The van der Waals surface area contributed by atoms with Gasteiger partial charge < -0.3 is 14.5 Å². The Bertz CT molecular complexity index is 3030. The lowest BCUT2D eigenvalue weighted by Gasteiger charge is -2.32. The van der Waals surface area contributed by atoms with Gasteiger partial charge in [-0.1, -0.05) is 127 Å². The first-order chi connectivity index (χ1) is 27.3. The fourth-order valence-corrected chi connectivity index (χ4v) is 9.13. The van der Waals surface area contributed by atoms with Gasteiger partial charge in [-0.15, -0.1) is 11.3 Å². The van der Waals surface area contributed by atoms with Crippen LogP contribution in [-0.4, -0.2) is 15.0 Å². The second-order valence-electron chi connectivity index (χ2n) is 14.2. The molecule has 1 aliphatic rings. The van der Waals surface area contributed by atoms with Crippen LogP contribution in [-0.2, 0) is 0 Å². The molecule has 0 saturated carbocycles. The number of rotatable bonds is 6. The normalized spacial score (nSPS) is 15.8. The summed E-state index contributed by atoms with van der Waals surface area (Å²) in [5.41, 5.74) is 12.9. The molecule has 2 unspecified atom stereocenters. The molecular weight excluding hydrogens is 691 g/mol. The molecule has 6 heteroatoms. The number of nitrogens with zero attached hydrogens (tertiary/aromatic N) is 3. The van der Waals surface area contributed by atoms with Crippen LogP contribution < -0.4 is 10.6 Å². The predicted molar refractivity (Wildman–Crippen MR) is 230 cm³/mol. The third kappa shape index (κ3) is 5.37. The summed E-state index contributed by atoms with van der Waals surface area (Å²) in [5.74, 6) is 0.882. The number of thiophene rings is 1. The van der Waals surface area contributed by atoms with Crippen molar-refractivity contribution < 1.29 is 0 Å². The van der Waals surface area contributed by atoms with E-state index in [4.69, 9.17) is 4.99 Å². The van der Waals surface area contributed by atoms with Crippen LogP contribution in [0.1, 0.15) is 29.0 Å². The molecule has 10 aromatic rings. The van der Waals surface area contributed by atoms with Crippen molar-refractivity contribution in [3.8, 4) is 22.5 Å². The molecule has 3 aromatic heterocycles. The Hall–Kier alpha value is -6.73. The molecule has 4 heterocycles. The molecule has 7 aromatic carbocycles. The maximum atomic E-state index is 5.09. The van der Waals surface area contributed by atoms with Gasteiger partial charge in [-0.25, -0.2) is 4.99 Å². The lowest BCUT2D eigenvalue weighted by Crippen LogP contribution is -2.44. The van der Waals surface area contributed by atoms with Crippen LogP contribution in [0.3, 0.4) is 0 Å². The monoisotopic (exact) mass is 725 g/mol. The van der Waals surface area contributed by atoms with Crippen molar-refractivity contribution in [1.29, 1.82) is 0 Å². The SMILES string of the molecule is c1ccc(C2=NC(c3ccccc3)NC(c3cccc(-c4ccc(-n5c6ccccc6c6cc7c(cc65)c5cscc5n7-c5ccccc5)cc4)c3)N2)cc1. The minimum atomic E-state index is -0.175. The van der Waals surface area contributed by atoms with Gasteiger partial charge in [0, 0.05) is 49.2 Å². The van der Waals surface area contributed by atoms with Gasteiger partial charge in [0.2, 0.25) is 0 Å². The largest absolute Gasteiger partial charge is 0.350 e. The molecule has 5 nitrogen and oxygen atoms in total. The first-order valence-electron chi connectivity index (χ1n) is 18.7. The molecule has 11 rings (SSSR count). The summed E-state index contributed by atoms with van der Waals surface area (Å²) in [7, 11) is 0. The summed E-state index contributed by atoms with van der Waals surface area (Å²) in [5, 5.41) is 17.1. The van der Waals surface area contributed by atoms with Gasteiger partial charge >= 0.3 is 0 Å². The summed E-state index contributed by atoms with van der Waals surface area (Å²) in [4.78, 5) is 5.09. The molecule has 262 valence electrons. The third-order valence-corrected chi connectivity index (χ3v) is 11.7. The van der Waals surface area contributed by atoms with Gasteiger partial charge in [0.05, 0.1) is 22.1 Å². The van der Waals surface area contributed by atoms with Gasteiger partial charge in [-0.05, 0) is 70.8 Å². The summed E-state index contributed by atoms with van der Waals surface area (Å²) in [6, 6.07) is 62.9. The minimum absolute atomic E-state index is 0.127. The summed E-state index contributed by atoms with van der Waals surface area (Å²) in [6.07, 6.45) is -0.302. The van der Waals surface area contributed by atoms with E-state index < -0.39 is 0 Å². The number of amidine groups is 1. The van der Waals surface area contributed by atoms with Gasteiger partial charge in [0.1, 0.15) is 18.2 Å². The molecule has 0 amide bonds. The van der Waals surface area contributed by atoms with Crippen LogP contribution in [0, 0.1) is 0 Å². The average molecular weight is 726 g/mol. The van der Waals surface area contributed by atoms with Crippen LogP contribution in [0.5, 0.6) is 0 Å². The quantitative estimate of drug-likeness (QED) is 0.179. The number of nitrogens with one attached hydrogen (secondary N) is 2. The number of hydrogen-bond donors (Lipinski definition) is 2. The fourth-order valence-electron chi connectivity index (χ4n) is 8.31. The molecule has 0 spiro atoms. The van der Waals surface area contributed by atoms with Crippen molar-refractivity contribution in [1.82, 2.24) is 19.8 Å². The zero-order valence-electron chi connectivity index (χ0n) is 29.8. The summed E-state index contributed by atoms with van der Waals surface area (Å²) >= 11 is 1.76. The lowest BCUT2D eigenvalue weighted by atomic mass is 10.0. The summed E-state index contributed by atoms with van der Waals surface area (Å²) < 4.78 is 4.83. The Morgan fingerprint density at radius 3 is 1.84 bits per heavy atom. The zero-order valence-corrected chi connectivity index (χ0v) is 30.6. The molecule has 0 saturated heterocycles. The van der Waals surface area contributed by atoms with Gasteiger partial charge in [0.25, 0.3) is 0 Å². The van der Waals surface area contributed by atoms with Crippen LogP contribution in [0.25, 0.3) is 66.1 Å². The van der Waals surface area contributed by atoms with Crippen LogP contribution >= 0.6 is 11.3 Å². The Labute approximate surface area is 322 Å². The number of aromatic nitrogens is 2. The highest BCUT2D eigenvalue weighted by Gasteiger charge is 2.26. The van der Waals surface area contributed by atoms with E-state index in [2.05, 4.69) is 194 Å². The standard InChI is InChI=1S/C49H35N5S/c1-4-13-33(14-5-1)47-50-48(34-15-6-2-7-16-34)52-49(51-47)36-18-12-17-35(27-36)32-23-25-38(26-24-32)53-43-22-11-10-21-39(43)40-28-45-41(29-44(40)53)42-30-55-31-46(42)54(45)37-19-8-3-9-20-37/h1-31,47,49,51H,(H,50,52). The predicted octanol–water partition coefficient (Wildman–Crippen LogP) is 11.9. The molecule has 1 aliphatic heterocycles. The molecule has 55 heavy (non-hydrogen) atoms. The highest BCUT2D eigenvalue weighted by atomic mass is 32.1. The summed E-state index contributed by atoms with van der Waals surface area (Å²) in [6.45, 7) is 0. The van der Waals surface area contributed by atoms with Gasteiger partial charge in [-0.3, -0.25) is 5.32 Å². The van der Waals surface area contributed by atoms with Gasteiger partial charge in [0.15, 0.2) is 0 Å². The van der Waals surface area contributed by atoms with E-state index in [0.717, 1.165) is 28.2 Å². The van der Waals surface area contributed by atoms with Crippen molar-refractivity contribution in [3.05, 3.63) is 203 Å². The van der Waals surface area contributed by atoms with E-state index in [1.54, 1.807) is 11.3 Å². The highest BCUT2D eigenvalue weighted by molar-refractivity contribution is 7.09. The minimum Gasteiger partial charge on any atom is -0.350 e. The number of para-hydroxylation sites is 2. The molecule has 2 atom stereocenters. The number of aliphatic imine (C=N–C) groups is 1. The van der Waals surface area contributed by atoms with E-state index >= 15 is 0 Å². The van der Waals surface area contributed by atoms with Gasteiger partial charge in [-0.2, -0.15) is 0 Å². The molecular formula is C49H35N5S. The second kappa shape index (κ2) is 13.0. The fraction of sp³-hybridized carbons (Fsp3) is 0.0408. The average Bonchev–Trinajstić information content (AvgIpc) is 3.95. The molecule has 0 radical (unpaired) electrons. The van der Waals surface area contributed by atoms with Crippen LogP contribution in [0.15, 0.2) is 192 Å². The molecule has 0 aliphatic carbocycles.